The number of carbonyl (C=O) groups excluding carboxylic acids is 1. The number of anilines is 1. The zero-order valence-electron chi connectivity index (χ0n) is 13.1. The first-order valence-electron chi connectivity index (χ1n) is 8.35. The molecule has 1 amide bonds. The van der Waals surface area contributed by atoms with Gasteiger partial charge < -0.3 is 9.80 Å². The number of hydrogen-bond donors (Lipinski definition) is 0. The van der Waals surface area contributed by atoms with Crippen LogP contribution in [0.15, 0.2) is 24.3 Å². The molecule has 21 heavy (non-hydrogen) atoms. The summed E-state index contributed by atoms with van der Waals surface area (Å²) in [6.07, 6.45) is 5.67. The Morgan fingerprint density at radius 2 is 1.67 bits per heavy atom. The third-order valence-corrected chi connectivity index (χ3v) is 4.97. The fourth-order valence-corrected chi connectivity index (χ4v) is 3.66. The molecule has 0 aromatic heterocycles. The van der Waals surface area contributed by atoms with Gasteiger partial charge in [0.05, 0.1) is 0 Å². The molecule has 0 atom stereocenters. The lowest BCUT2D eigenvalue weighted by Gasteiger charge is -2.37. The molecule has 2 aliphatic rings. The predicted molar refractivity (Wildman–Crippen MR) is 86.5 cm³/mol. The van der Waals surface area contributed by atoms with E-state index >= 15 is 0 Å². The summed E-state index contributed by atoms with van der Waals surface area (Å²) in [6.45, 7) is 6.15. The molecule has 0 saturated carbocycles. The Morgan fingerprint density at radius 3 is 2.33 bits per heavy atom. The average molecular weight is 286 g/mol. The van der Waals surface area contributed by atoms with E-state index in [-0.39, 0.29) is 5.92 Å². The van der Waals surface area contributed by atoms with Crippen molar-refractivity contribution in [3.05, 3.63) is 29.8 Å². The van der Waals surface area contributed by atoms with Crippen molar-refractivity contribution in [1.82, 2.24) is 4.90 Å². The first-order chi connectivity index (χ1) is 10.3. The van der Waals surface area contributed by atoms with Crippen LogP contribution in [0.2, 0.25) is 0 Å². The second-order valence-corrected chi connectivity index (χ2v) is 6.43. The molecule has 0 N–H and O–H groups in total. The number of hydrogen-bond acceptors (Lipinski definition) is 2. The summed E-state index contributed by atoms with van der Waals surface area (Å²) < 4.78 is 0. The van der Waals surface area contributed by atoms with Crippen LogP contribution in [0.3, 0.4) is 0 Å². The number of benzene rings is 1. The molecule has 2 fully saturated rings. The van der Waals surface area contributed by atoms with Crippen LogP contribution in [-0.4, -0.2) is 37.0 Å². The number of carbonyl (C=O) groups is 1. The zero-order chi connectivity index (χ0) is 14.7. The Hall–Kier alpha value is -1.51. The lowest BCUT2D eigenvalue weighted by atomic mass is 9.93. The molecule has 114 valence electrons. The first-order valence-corrected chi connectivity index (χ1v) is 8.35. The zero-order valence-corrected chi connectivity index (χ0v) is 13.1. The smallest absolute Gasteiger partial charge is 0.225 e. The standard InChI is InChI=1S/C18H26N2O/c1-15-7-3-4-8-17(15)19-13-9-16(10-14-19)18(21)20-11-5-2-6-12-20/h3-4,7-8,16H,2,5-6,9-14H2,1H3. The second kappa shape index (κ2) is 6.50. The van der Waals surface area contributed by atoms with E-state index < -0.39 is 0 Å². The van der Waals surface area contributed by atoms with E-state index in [1.54, 1.807) is 0 Å². The predicted octanol–water partition coefficient (Wildman–Crippen LogP) is 3.22. The van der Waals surface area contributed by atoms with Crippen LogP contribution in [-0.2, 0) is 4.79 Å². The molecule has 0 unspecified atom stereocenters. The fourth-order valence-electron chi connectivity index (χ4n) is 3.66. The third-order valence-electron chi connectivity index (χ3n) is 4.97. The van der Waals surface area contributed by atoms with Crippen LogP contribution in [0.5, 0.6) is 0 Å². The van der Waals surface area contributed by atoms with Crippen LogP contribution in [0.25, 0.3) is 0 Å². The SMILES string of the molecule is Cc1ccccc1N1CCC(C(=O)N2CCCCC2)CC1. The van der Waals surface area contributed by atoms with Crippen molar-refractivity contribution in [3.8, 4) is 0 Å². The Bertz CT molecular complexity index is 486. The van der Waals surface area contributed by atoms with Crippen molar-refractivity contribution >= 4 is 11.6 Å². The molecule has 3 nitrogen and oxygen atoms in total. The van der Waals surface area contributed by atoms with Crippen LogP contribution in [0, 0.1) is 12.8 Å². The van der Waals surface area contributed by atoms with Crippen LogP contribution in [0.1, 0.15) is 37.7 Å². The van der Waals surface area contributed by atoms with Crippen molar-refractivity contribution in [2.24, 2.45) is 5.92 Å². The number of nitrogens with zero attached hydrogens (tertiary/aromatic N) is 2. The molecular formula is C18H26N2O. The number of aryl methyl sites for hydroxylation is 1. The highest BCUT2D eigenvalue weighted by Gasteiger charge is 2.29. The highest BCUT2D eigenvalue weighted by Crippen LogP contribution is 2.27. The molecule has 1 aromatic carbocycles. The molecule has 3 heteroatoms. The Labute approximate surface area is 127 Å². The van der Waals surface area contributed by atoms with E-state index in [0.29, 0.717) is 5.91 Å². The highest BCUT2D eigenvalue weighted by atomic mass is 16.2. The van der Waals surface area contributed by atoms with Crippen LogP contribution >= 0.6 is 0 Å². The lowest BCUT2D eigenvalue weighted by Crippen LogP contribution is -2.44. The van der Waals surface area contributed by atoms with Gasteiger partial charge in [-0.05, 0) is 50.7 Å². The molecule has 1 aromatic rings. The summed E-state index contributed by atoms with van der Waals surface area (Å²) in [5.41, 5.74) is 2.67. The average Bonchev–Trinajstić information content (AvgIpc) is 2.56. The van der Waals surface area contributed by atoms with Gasteiger partial charge in [0.2, 0.25) is 5.91 Å². The van der Waals surface area contributed by atoms with E-state index in [4.69, 9.17) is 0 Å². The minimum absolute atomic E-state index is 0.253. The normalized spacial score (nSPS) is 20.6. The summed E-state index contributed by atoms with van der Waals surface area (Å²) in [6, 6.07) is 8.56. The summed E-state index contributed by atoms with van der Waals surface area (Å²) in [4.78, 5) is 17.1. The minimum atomic E-state index is 0.253. The quantitative estimate of drug-likeness (QED) is 0.833. The van der Waals surface area contributed by atoms with Gasteiger partial charge in [-0.1, -0.05) is 18.2 Å². The molecular weight excluding hydrogens is 260 g/mol. The Kier molecular flexibility index (Phi) is 4.47. The van der Waals surface area contributed by atoms with E-state index in [0.717, 1.165) is 39.0 Å². The monoisotopic (exact) mass is 286 g/mol. The largest absolute Gasteiger partial charge is 0.371 e. The number of likely N-dealkylation sites (tertiary alicyclic amines) is 1. The maximum Gasteiger partial charge on any atom is 0.225 e. The number of para-hydroxylation sites is 1. The van der Waals surface area contributed by atoms with Gasteiger partial charge in [0.15, 0.2) is 0 Å². The van der Waals surface area contributed by atoms with Gasteiger partial charge in [-0.2, -0.15) is 0 Å². The van der Waals surface area contributed by atoms with Gasteiger partial charge in [0.25, 0.3) is 0 Å². The van der Waals surface area contributed by atoms with E-state index in [9.17, 15) is 4.79 Å². The molecule has 0 spiro atoms. The van der Waals surface area contributed by atoms with Crippen molar-refractivity contribution in [2.45, 2.75) is 39.0 Å². The first kappa shape index (κ1) is 14.4. The van der Waals surface area contributed by atoms with Gasteiger partial charge in [-0.3, -0.25) is 4.79 Å². The summed E-state index contributed by atoms with van der Waals surface area (Å²) in [5.74, 6) is 0.669. The van der Waals surface area contributed by atoms with Crippen molar-refractivity contribution in [3.63, 3.8) is 0 Å². The fraction of sp³-hybridized carbons (Fsp3) is 0.611. The molecule has 0 bridgehead atoms. The minimum Gasteiger partial charge on any atom is -0.371 e. The van der Waals surface area contributed by atoms with Crippen LogP contribution < -0.4 is 4.90 Å². The van der Waals surface area contributed by atoms with Gasteiger partial charge in [0, 0.05) is 37.8 Å². The van der Waals surface area contributed by atoms with Gasteiger partial charge >= 0.3 is 0 Å². The highest BCUT2D eigenvalue weighted by molar-refractivity contribution is 5.79. The number of amides is 1. The second-order valence-electron chi connectivity index (χ2n) is 6.43. The van der Waals surface area contributed by atoms with Gasteiger partial charge in [-0.25, -0.2) is 0 Å². The van der Waals surface area contributed by atoms with Crippen molar-refractivity contribution in [1.29, 1.82) is 0 Å². The van der Waals surface area contributed by atoms with E-state index in [2.05, 4.69) is 41.0 Å². The van der Waals surface area contributed by atoms with Gasteiger partial charge in [-0.15, -0.1) is 0 Å². The van der Waals surface area contributed by atoms with Crippen LogP contribution in [0.4, 0.5) is 5.69 Å². The maximum atomic E-state index is 12.6. The summed E-state index contributed by atoms with van der Waals surface area (Å²) >= 11 is 0. The molecule has 3 rings (SSSR count). The Balaban J connectivity index is 1.57. The number of piperidine rings is 2. The molecule has 2 heterocycles. The molecule has 2 saturated heterocycles. The molecule has 0 aliphatic carbocycles. The molecule has 2 aliphatic heterocycles. The lowest BCUT2D eigenvalue weighted by molar-refractivity contribution is -0.137. The number of rotatable bonds is 2. The summed E-state index contributed by atoms with van der Waals surface area (Å²) in [7, 11) is 0. The van der Waals surface area contributed by atoms with E-state index in [1.165, 1.54) is 30.5 Å². The third kappa shape index (κ3) is 3.22. The summed E-state index contributed by atoms with van der Waals surface area (Å²) in [5, 5.41) is 0. The van der Waals surface area contributed by atoms with E-state index in [1.807, 2.05) is 0 Å². The molecule has 0 radical (unpaired) electrons. The van der Waals surface area contributed by atoms with Crippen molar-refractivity contribution < 1.29 is 4.79 Å². The van der Waals surface area contributed by atoms with Gasteiger partial charge in [0.1, 0.15) is 0 Å². The topological polar surface area (TPSA) is 23.6 Å². The maximum absolute atomic E-state index is 12.6. The van der Waals surface area contributed by atoms with Crippen molar-refractivity contribution in [2.75, 3.05) is 31.1 Å². The Morgan fingerprint density at radius 1 is 1.00 bits per heavy atom.